The van der Waals surface area contributed by atoms with Gasteiger partial charge in [-0.2, -0.15) is 14.7 Å². The average molecular weight is 489 g/mol. The smallest absolute Gasteiger partial charge is 0.316 e. The zero-order valence-corrected chi connectivity index (χ0v) is 19.2. The Hall–Kier alpha value is -3.63. The molecule has 1 N–H and O–H groups in total. The molecule has 1 aromatic carbocycles. The number of sulfonamides is 1. The minimum atomic E-state index is -3.93. The standard InChI is InChI=1S/C21H21FN6O5S/c1-3-33-21-24-8-14(9-25-21)34(31,32)27-10-12(2)19(11-27)28-18-5-16(22)13(7-23)4-15(18)17(26-28)6-20(29)30/h4-5,8-9,12,19H,3,6,10-11H2,1-2H3,(H,29,30)/t12-,19+/m1/s1. The van der Waals surface area contributed by atoms with E-state index in [4.69, 9.17) is 10.00 Å². The molecule has 178 valence electrons. The molecule has 0 bridgehead atoms. The molecular formula is C21H21FN6O5S. The van der Waals surface area contributed by atoms with Crippen LogP contribution in [0.15, 0.2) is 29.4 Å². The van der Waals surface area contributed by atoms with Crippen LogP contribution in [0.5, 0.6) is 6.01 Å². The zero-order valence-electron chi connectivity index (χ0n) is 18.3. The number of nitriles is 1. The monoisotopic (exact) mass is 488 g/mol. The minimum absolute atomic E-state index is 0.0294. The van der Waals surface area contributed by atoms with Crippen molar-refractivity contribution in [3.8, 4) is 12.1 Å². The summed E-state index contributed by atoms with van der Waals surface area (Å²) in [6.45, 7) is 4.12. The Bertz CT molecular complexity index is 1400. The first kappa shape index (κ1) is 23.5. The van der Waals surface area contributed by atoms with Crippen molar-refractivity contribution in [2.75, 3.05) is 19.7 Å². The van der Waals surface area contributed by atoms with Crippen LogP contribution >= 0.6 is 0 Å². The van der Waals surface area contributed by atoms with Gasteiger partial charge in [-0.15, -0.1) is 0 Å². The second-order valence-electron chi connectivity index (χ2n) is 7.92. The predicted octanol–water partition coefficient (Wildman–Crippen LogP) is 1.74. The Morgan fingerprint density at radius 1 is 1.32 bits per heavy atom. The predicted molar refractivity (Wildman–Crippen MR) is 116 cm³/mol. The van der Waals surface area contributed by atoms with Crippen LogP contribution in [0.1, 0.15) is 31.1 Å². The van der Waals surface area contributed by atoms with Crippen molar-refractivity contribution in [3.63, 3.8) is 0 Å². The van der Waals surface area contributed by atoms with Crippen LogP contribution in [0.4, 0.5) is 4.39 Å². The molecule has 2 aromatic heterocycles. The van der Waals surface area contributed by atoms with Gasteiger partial charge in [0.15, 0.2) is 0 Å². The Balaban J connectivity index is 1.70. The number of halogens is 1. The summed E-state index contributed by atoms with van der Waals surface area (Å²) in [7, 11) is -3.93. The van der Waals surface area contributed by atoms with Crippen molar-refractivity contribution in [1.29, 1.82) is 5.26 Å². The lowest BCUT2D eigenvalue weighted by Gasteiger charge is -2.17. The Morgan fingerprint density at radius 2 is 2.03 bits per heavy atom. The molecule has 0 unspecified atom stereocenters. The van der Waals surface area contributed by atoms with Gasteiger partial charge in [-0.1, -0.05) is 6.92 Å². The van der Waals surface area contributed by atoms with Gasteiger partial charge in [0, 0.05) is 24.5 Å². The molecule has 1 fully saturated rings. The third-order valence-electron chi connectivity index (χ3n) is 5.68. The van der Waals surface area contributed by atoms with Crippen LogP contribution in [-0.2, 0) is 21.2 Å². The van der Waals surface area contributed by atoms with Gasteiger partial charge < -0.3 is 9.84 Å². The number of benzene rings is 1. The minimum Gasteiger partial charge on any atom is -0.481 e. The largest absolute Gasteiger partial charge is 0.481 e. The van der Waals surface area contributed by atoms with Crippen molar-refractivity contribution in [3.05, 3.63) is 41.6 Å². The van der Waals surface area contributed by atoms with Gasteiger partial charge >= 0.3 is 12.0 Å². The van der Waals surface area contributed by atoms with Crippen molar-refractivity contribution in [2.24, 2.45) is 5.92 Å². The summed E-state index contributed by atoms with van der Waals surface area (Å²) in [6.07, 6.45) is 1.93. The molecule has 0 saturated carbocycles. The summed E-state index contributed by atoms with van der Waals surface area (Å²) in [4.78, 5) is 19.1. The molecule has 2 atom stereocenters. The third kappa shape index (κ3) is 4.17. The molecule has 3 heterocycles. The number of rotatable bonds is 7. The van der Waals surface area contributed by atoms with Crippen molar-refractivity contribution in [2.45, 2.75) is 31.2 Å². The van der Waals surface area contributed by atoms with Gasteiger partial charge in [-0.25, -0.2) is 22.8 Å². The molecule has 3 aromatic rings. The molecule has 0 amide bonds. The van der Waals surface area contributed by atoms with E-state index in [9.17, 15) is 22.7 Å². The second kappa shape index (κ2) is 8.96. The first-order chi connectivity index (χ1) is 16.1. The van der Waals surface area contributed by atoms with E-state index in [0.717, 1.165) is 6.07 Å². The van der Waals surface area contributed by atoms with Crippen LogP contribution < -0.4 is 4.74 Å². The molecular weight excluding hydrogens is 467 g/mol. The van der Waals surface area contributed by atoms with Crippen molar-refractivity contribution < 1.29 is 27.4 Å². The van der Waals surface area contributed by atoms with E-state index in [1.54, 1.807) is 13.0 Å². The number of fused-ring (bicyclic) bond motifs is 1. The first-order valence-electron chi connectivity index (χ1n) is 10.4. The summed E-state index contributed by atoms with van der Waals surface area (Å²) in [5.41, 5.74) is 0.249. The van der Waals surface area contributed by atoms with Crippen LogP contribution in [0, 0.1) is 23.1 Å². The number of ether oxygens (including phenoxy) is 1. The lowest BCUT2D eigenvalue weighted by atomic mass is 10.1. The number of carboxylic acid groups (broad SMARTS) is 1. The fourth-order valence-corrected chi connectivity index (χ4v) is 5.49. The van der Waals surface area contributed by atoms with E-state index >= 15 is 0 Å². The van der Waals surface area contributed by atoms with Crippen LogP contribution in [-0.4, -0.2) is 63.2 Å². The topological polar surface area (TPSA) is 151 Å². The van der Waals surface area contributed by atoms with Gasteiger partial charge in [0.05, 0.1) is 48.2 Å². The summed E-state index contributed by atoms with van der Waals surface area (Å²) >= 11 is 0. The number of aliphatic carboxylic acids is 1. The van der Waals surface area contributed by atoms with Crippen molar-refractivity contribution >= 4 is 26.9 Å². The highest BCUT2D eigenvalue weighted by Gasteiger charge is 2.40. The van der Waals surface area contributed by atoms with Crippen LogP contribution in [0.3, 0.4) is 0 Å². The van der Waals surface area contributed by atoms with Crippen molar-refractivity contribution in [1.82, 2.24) is 24.1 Å². The maximum atomic E-state index is 14.4. The third-order valence-corrected chi connectivity index (χ3v) is 7.46. The number of aromatic nitrogens is 4. The summed E-state index contributed by atoms with van der Waals surface area (Å²) in [5, 5.41) is 23.2. The molecule has 34 heavy (non-hydrogen) atoms. The van der Waals surface area contributed by atoms with E-state index in [1.807, 2.05) is 6.92 Å². The van der Waals surface area contributed by atoms with Gasteiger partial charge in [0.25, 0.3) is 0 Å². The van der Waals surface area contributed by atoms with Crippen LogP contribution in [0.2, 0.25) is 0 Å². The Kier molecular flexibility index (Phi) is 6.20. The van der Waals surface area contributed by atoms with Crippen LogP contribution in [0.25, 0.3) is 10.9 Å². The molecule has 11 nitrogen and oxygen atoms in total. The molecule has 4 rings (SSSR count). The molecule has 1 saturated heterocycles. The molecule has 0 aliphatic carbocycles. The number of carbonyl (C=O) groups is 1. The highest BCUT2D eigenvalue weighted by Crippen LogP contribution is 2.35. The lowest BCUT2D eigenvalue weighted by molar-refractivity contribution is -0.136. The number of carboxylic acids is 1. The summed E-state index contributed by atoms with van der Waals surface area (Å²) in [6, 6.07) is 3.74. The first-order valence-corrected chi connectivity index (χ1v) is 11.9. The Labute approximate surface area is 194 Å². The maximum absolute atomic E-state index is 14.4. The highest BCUT2D eigenvalue weighted by atomic mass is 32.2. The zero-order chi connectivity index (χ0) is 24.6. The van der Waals surface area contributed by atoms with E-state index in [2.05, 4.69) is 15.1 Å². The molecule has 0 spiro atoms. The fraction of sp³-hybridized carbons (Fsp3) is 0.381. The van der Waals surface area contributed by atoms with Gasteiger partial charge in [-0.3, -0.25) is 9.48 Å². The fourth-order valence-electron chi connectivity index (χ4n) is 4.04. The average Bonchev–Trinajstić information content (AvgIpc) is 3.34. The maximum Gasteiger partial charge on any atom is 0.316 e. The number of hydrogen-bond acceptors (Lipinski definition) is 8. The van der Waals surface area contributed by atoms with Gasteiger partial charge in [-0.05, 0) is 18.9 Å². The molecule has 1 aliphatic heterocycles. The number of nitrogens with zero attached hydrogens (tertiary/aromatic N) is 6. The van der Waals surface area contributed by atoms with Gasteiger partial charge in [0.2, 0.25) is 10.0 Å². The normalized spacial score (nSPS) is 18.8. The highest BCUT2D eigenvalue weighted by molar-refractivity contribution is 7.89. The molecule has 1 aliphatic rings. The summed E-state index contributed by atoms with van der Waals surface area (Å²) in [5.74, 6) is -2.12. The Morgan fingerprint density at radius 3 is 2.65 bits per heavy atom. The van der Waals surface area contributed by atoms with E-state index in [-0.39, 0.29) is 41.2 Å². The molecule has 13 heteroatoms. The van der Waals surface area contributed by atoms with Gasteiger partial charge in [0.1, 0.15) is 16.8 Å². The number of hydrogen-bond donors (Lipinski definition) is 1. The molecule has 0 radical (unpaired) electrons. The van der Waals surface area contributed by atoms with E-state index in [1.165, 1.54) is 27.4 Å². The quantitative estimate of drug-likeness (QED) is 0.524. The summed E-state index contributed by atoms with van der Waals surface area (Å²) < 4.78 is 48.7. The van der Waals surface area contributed by atoms with E-state index < -0.39 is 34.3 Å². The van der Waals surface area contributed by atoms with E-state index in [0.29, 0.717) is 17.5 Å². The second-order valence-corrected chi connectivity index (χ2v) is 9.86. The SMILES string of the molecule is CCOc1ncc(S(=O)(=O)N2C[C@@H](C)[C@@H](n3nc(CC(=O)O)c4cc(C#N)c(F)cc43)C2)cn1. The lowest BCUT2D eigenvalue weighted by Crippen LogP contribution is -2.29.